The van der Waals surface area contributed by atoms with Crippen molar-refractivity contribution in [1.82, 2.24) is 0 Å². The third-order valence-corrected chi connectivity index (χ3v) is 5.56. The minimum absolute atomic E-state index is 0.893. The number of rotatable bonds is 0. The minimum Gasteiger partial charge on any atom is -0.398 e. The van der Waals surface area contributed by atoms with Gasteiger partial charge in [-0.05, 0) is 71.2 Å². The van der Waals surface area contributed by atoms with Crippen LogP contribution in [0.25, 0.3) is 22.3 Å². The summed E-state index contributed by atoms with van der Waals surface area (Å²) in [5.74, 6) is 0. The molecule has 4 N–H and O–H groups in total. The average Bonchev–Trinajstić information content (AvgIpc) is 2.60. The van der Waals surface area contributed by atoms with Gasteiger partial charge in [-0.1, -0.05) is 36.4 Å². The Morgan fingerprint density at radius 2 is 0.958 bits per heavy atom. The maximum absolute atomic E-state index is 6.31. The molecule has 2 nitrogen and oxygen atoms in total. The van der Waals surface area contributed by atoms with Gasteiger partial charge in [0.1, 0.15) is 0 Å². The van der Waals surface area contributed by atoms with E-state index in [9.17, 15) is 0 Å². The second-order valence-electron chi connectivity index (χ2n) is 6.93. The fourth-order valence-corrected chi connectivity index (χ4v) is 4.42. The predicted molar refractivity (Wildman–Crippen MR) is 101 cm³/mol. The van der Waals surface area contributed by atoms with Crippen molar-refractivity contribution in [2.45, 2.75) is 25.7 Å². The quantitative estimate of drug-likeness (QED) is 0.605. The SMILES string of the molecule is Nc1cccc2c1-c1cc3c(cc1CC2)-c1c(N)cccc1CC3. The third-order valence-electron chi connectivity index (χ3n) is 5.56. The van der Waals surface area contributed by atoms with E-state index in [-0.39, 0.29) is 0 Å². The number of benzene rings is 3. The van der Waals surface area contributed by atoms with Gasteiger partial charge >= 0.3 is 0 Å². The van der Waals surface area contributed by atoms with E-state index in [2.05, 4.69) is 36.4 Å². The van der Waals surface area contributed by atoms with Gasteiger partial charge < -0.3 is 11.5 Å². The number of hydrogen-bond acceptors (Lipinski definition) is 2. The van der Waals surface area contributed by atoms with Gasteiger partial charge in [0.25, 0.3) is 0 Å². The summed E-state index contributed by atoms with van der Waals surface area (Å²) in [5.41, 5.74) is 25.1. The van der Waals surface area contributed by atoms with E-state index >= 15 is 0 Å². The number of nitrogens with two attached hydrogens (primary N) is 2. The number of fused-ring (bicyclic) bond motifs is 6. The number of nitrogen functional groups attached to an aromatic ring is 2. The average molecular weight is 312 g/mol. The smallest absolute Gasteiger partial charge is 0.0396 e. The third kappa shape index (κ3) is 1.83. The van der Waals surface area contributed by atoms with E-state index in [1.54, 1.807) is 0 Å². The summed E-state index contributed by atoms with van der Waals surface area (Å²) >= 11 is 0. The molecule has 118 valence electrons. The van der Waals surface area contributed by atoms with Gasteiger partial charge in [-0.2, -0.15) is 0 Å². The Morgan fingerprint density at radius 1 is 0.542 bits per heavy atom. The van der Waals surface area contributed by atoms with Crippen LogP contribution in [-0.2, 0) is 25.7 Å². The Hall–Kier alpha value is -2.74. The van der Waals surface area contributed by atoms with Gasteiger partial charge in [0.15, 0.2) is 0 Å². The summed E-state index contributed by atoms with van der Waals surface area (Å²) in [6.45, 7) is 0. The lowest BCUT2D eigenvalue weighted by atomic mass is 9.78. The van der Waals surface area contributed by atoms with Crippen molar-refractivity contribution in [3.05, 3.63) is 70.8 Å². The fraction of sp³-hybridized carbons (Fsp3) is 0.182. The van der Waals surface area contributed by atoms with E-state index in [1.165, 1.54) is 44.5 Å². The lowest BCUT2D eigenvalue weighted by Crippen LogP contribution is -2.11. The molecule has 2 aliphatic carbocycles. The van der Waals surface area contributed by atoms with E-state index in [1.807, 2.05) is 12.1 Å². The Bertz CT molecular complexity index is 904. The number of anilines is 2. The number of hydrogen-bond donors (Lipinski definition) is 2. The van der Waals surface area contributed by atoms with Gasteiger partial charge in [-0.25, -0.2) is 0 Å². The molecule has 0 amide bonds. The molecular weight excluding hydrogens is 292 g/mol. The topological polar surface area (TPSA) is 52.0 Å². The number of aryl methyl sites for hydroxylation is 4. The molecule has 0 radical (unpaired) electrons. The standard InChI is InChI=1S/C22H20N2/c23-19-5-1-3-13-7-9-15-12-18-16(11-17(15)21(13)19)10-8-14-4-2-6-20(24)22(14)18/h1-6,11-12H,7-10,23-24H2. The second kappa shape index (κ2) is 4.88. The van der Waals surface area contributed by atoms with Crippen molar-refractivity contribution < 1.29 is 0 Å². The molecule has 3 aromatic rings. The Labute approximate surface area is 142 Å². The lowest BCUT2D eigenvalue weighted by Gasteiger charge is -2.27. The first-order valence-corrected chi connectivity index (χ1v) is 8.63. The highest BCUT2D eigenvalue weighted by atomic mass is 14.6. The molecule has 0 atom stereocenters. The van der Waals surface area contributed by atoms with Crippen LogP contribution in [0.15, 0.2) is 48.5 Å². The van der Waals surface area contributed by atoms with Crippen molar-refractivity contribution in [2.75, 3.05) is 11.5 Å². The first-order chi connectivity index (χ1) is 11.7. The van der Waals surface area contributed by atoms with Crippen LogP contribution in [0.5, 0.6) is 0 Å². The molecule has 2 aliphatic rings. The molecular formula is C22H20N2. The Balaban J connectivity index is 1.78. The van der Waals surface area contributed by atoms with Crippen LogP contribution < -0.4 is 11.5 Å². The molecule has 5 rings (SSSR count). The van der Waals surface area contributed by atoms with Gasteiger partial charge in [-0.15, -0.1) is 0 Å². The van der Waals surface area contributed by atoms with Gasteiger partial charge in [-0.3, -0.25) is 0 Å². The highest BCUT2D eigenvalue weighted by Gasteiger charge is 2.24. The minimum atomic E-state index is 0.893. The van der Waals surface area contributed by atoms with Crippen LogP contribution in [0.3, 0.4) is 0 Å². The molecule has 0 spiro atoms. The molecule has 0 aromatic heterocycles. The molecule has 0 unspecified atom stereocenters. The molecule has 0 heterocycles. The maximum atomic E-state index is 6.31. The van der Waals surface area contributed by atoms with E-state index in [4.69, 9.17) is 11.5 Å². The highest BCUT2D eigenvalue weighted by molar-refractivity contribution is 5.89. The van der Waals surface area contributed by atoms with Crippen LogP contribution in [-0.4, -0.2) is 0 Å². The second-order valence-corrected chi connectivity index (χ2v) is 6.93. The highest BCUT2D eigenvalue weighted by Crippen LogP contribution is 2.44. The Morgan fingerprint density at radius 3 is 1.42 bits per heavy atom. The summed E-state index contributed by atoms with van der Waals surface area (Å²) in [6.07, 6.45) is 4.26. The van der Waals surface area contributed by atoms with Gasteiger partial charge in [0.2, 0.25) is 0 Å². The van der Waals surface area contributed by atoms with Gasteiger partial charge in [0.05, 0.1) is 0 Å². The molecule has 24 heavy (non-hydrogen) atoms. The summed E-state index contributed by atoms with van der Waals surface area (Å²) in [6, 6.07) is 17.3. The van der Waals surface area contributed by atoms with E-state index in [0.717, 1.165) is 37.1 Å². The largest absolute Gasteiger partial charge is 0.398 e. The molecule has 0 saturated heterocycles. The zero-order valence-electron chi connectivity index (χ0n) is 13.6. The monoisotopic (exact) mass is 312 g/mol. The van der Waals surface area contributed by atoms with E-state index < -0.39 is 0 Å². The summed E-state index contributed by atoms with van der Waals surface area (Å²) in [7, 11) is 0. The fourth-order valence-electron chi connectivity index (χ4n) is 4.42. The van der Waals surface area contributed by atoms with Gasteiger partial charge in [0, 0.05) is 22.5 Å². The molecule has 2 heteroatoms. The van der Waals surface area contributed by atoms with Crippen LogP contribution >= 0.6 is 0 Å². The van der Waals surface area contributed by atoms with Crippen molar-refractivity contribution in [3.63, 3.8) is 0 Å². The van der Waals surface area contributed by atoms with Crippen LogP contribution in [0.2, 0.25) is 0 Å². The summed E-state index contributed by atoms with van der Waals surface area (Å²) < 4.78 is 0. The van der Waals surface area contributed by atoms with Crippen molar-refractivity contribution >= 4 is 11.4 Å². The maximum Gasteiger partial charge on any atom is 0.0396 e. The van der Waals surface area contributed by atoms with Crippen LogP contribution in [0.4, 0.5) is 11.4 Å². The Kier molecular flexibility index (Phi) is 2.78. The molecule has 0 saturated carbocycles. The molecule has 3 aromatic carbocycles. The predicted octanol–water partition coefficient (Wildman–Crippen LogP) is 4.38. The summed E-state index contributed by atoms with van der Waals surface area (Å²) in [5, 5.41) is 0. The zero-order chi connectivity index (χ0) is 16.3. The van der Waals surface area contributed by atoms with Crippen molar-refractivity contribution in [3.8, 4) is 22.3 Å². The van der Waals surface area contributed by atoms with E-state index in [0.29, 0.717) is 0 Å². The van der Waals surface area contributed by atoms with Crippen LogP contribution in [0, 0.1) is 0 Å². The normalized spacial score (nSPS) is 14.3. The first kappa shape index (κ1) is 13.7. The lowest BCUT2D eigenvalue weighted by molar-refractivity contribution is 0.917. The molecule has 0 aliphatic heterocycles. The molecule has 0 bridgehead atoms. The van der Waals surface area contributed by atoms with Crippen LogP contribution in [0.1, 0.15) is 22.3 Å². The molecule has 0 fully saturated rings. The van der Waals surface area contributed by atoms with Crippen molar-refractivity contribution in [1.29, 1.82) is 0 Å². The first-order valence-electron chi connectivity index (χ1n) is 8.63. The zero-order valence-corrected chi connectivity index (χ0v) is 13.6. The van der Waals surface area contributed by atoms with Crippen molar-refractivity contribution in [2.24, 2.45) is 0 Å². The summed E-state index contributed by atoms with van der Waals surface area (Å²) in [4.78, 5) is 0.